The van der Waals surface area contributed by atoms with Crippen LogP contribution in [0.1, 0.15) is 31.7 Å². The summed E-state index contributed by atoms with van der Waals surface area (Å²) < 4.78 is 5.27. The molecule has 0 aliphatic heterocycles. The molecule has 0 aliphatic rings. The number of hydrogen-bond acceptors (Lipinski definition) is 8. The van der Waals surface area contributed by atoms with Crippen molar-refractivity contribution in [2.24, 2.45) is 11.8 Å². The van der Waals surface area contributed by atoms with E-state index in [4.69, 9.17) is 14.7 Å². The number of ether oxygens (including phenoxy) is 1. The number of rotatable bonds is 13. The smallest absolute Gasteiger partial charge is 0.223 e. The molecule has 9 heteroatoms. The standard InChI is InChI=1S/C28H33N5O2S2/c1-19(2)14-21(28(34)30-12-13-36-4)16-25-32-26(31-22-7-5-6-20(15-22)18-29)17-27(33-25)37-24-10-8-23(35-3)9-11-24/h5-11,15,17,19,21H,12-14,16H2,1-4H3,(H,30,34)(H,31,32,33)/t21-/m0/s1. The van der Waals surface area contributed by atoms with Gasteiger partial charge in [-0.15, -0.1) is 0 Å². The maximum atomic E-state index is 13.0. The molecule has 0 unspecified atom stereocenters. The highest BCUT2D eigenvalue weighted by atomic mass is 32.2. The second-order valence-electron chi connectivity index (χ2n) is 8.92. The Morgan fingerprint density at radius 1 is 1.14 bits per heavy atom. The quantitative estimate of drug-likeness (QED) is 0.205. The number of nitrogens with zero attached hydrogens (tertiary/aromatic N) is 3. The molecule has 0 spiro atoms. The predicted molar refractivity (Wildman–Crippen MR) is 152 cm³/mol. The first kappa shape index (κ1) is 28.4. The lowest BCUT2D eigenvalue weighted by Crippen LogP contribution is -2.34. The molecule has 2 aromatic carbocycles. The van der Waals surface area contributed by atoms with Crippen molar-refractivity contribution in [3.05, 3.63) is 66.0 Å². The summed E-state index contributed by atoms with van der Waals surface area (Å²) in [6.07, 6.45) is 3.21. The van der Waals surface area contributed by atoms with Crippen molar-refractivity contribution in [3.8, 4) is 11.8 Å². The minimum absolute atomic E-state index is 0.0378. The van der Waals surface area contributed by atoms with E-state index < -0.39 is 0 Å². The van der Waals surface area contributed by atoms with Crippen LogP contribution in [-0.2, 0) is 11.2 Å². The highest BCUT2D eigenvalue weighted by Crippen LogP contribution is 2.30. The van der Waals surface area contributed by atoms with Crippen LogP contribution in [0.15, 0.2) is 64.5 Å². The van der Waals surface area contributed by atoms with Crippen molar-refractivity contribution in [2.45, 2.75) is 36.6 Å². The molecule has 37 heavy (non-hydrogen) atoms. The number of anilines is 2. The van der Waals surface area contributed by atoms with Crippen molar-refractivity contribution in [2.75, 3.05) is 31.0 Å². The molecule has 0 radical (unpaired) electrons. The fraction of sp³-hybridized carbons (Fsp3) is 0.357. The van der Waals surface area contributed by atoms with E-state index in [2.05, 4.69) is 30.6 Å². The molecule has 194 valence electrons. The van der Waals surface area contributed by atoms with Gasteiger partial charge in [0.25, 0.3) is 0 Å². The number of aromatic nitrogens is 2. The Morgan fingerprint density at radius 3 is 2.59 bits per heavy atom. The molecule has 1 aromatic heterocycles. The Labute approximate surface area is 227 Å². The van der Waals surface area contributed by atoms with Crippen LogP contribution in [-0.4, -0.2) is 41.5 Å². The molecule has 2 N–H and O–H groups in total. The van der Waals surface area contributed by atoms with Crippen molar-refractivity contribution in [3.63, 3.8) is 0 Å². The van der Waals surface area contributed by atoms with Gasteiger partial charge in [0, 0.05) is 41.3 Å². The molecule has 0 aliphatic carbocycles. The molecule has 1 heterocycles. The summed E-state index contributed by atoms with van der Waals surface area (Å²) in [6, 6.07) is 19.1. The number of amides is 1. The van der Waals surface area contributed by atoms with Crippen LogP contribution >= 0.6 is 23.5 Å². The van der Waals surface area contributed by atoms with Crippen LogP contribution in [0.25, 0.3) is 0 Å². The van der Waals surface area contributed by atoms with E-state index in [0.29, 0.717) is 36.1 Å². The number of thioether (sulfide) groups is 1. The van der Waals surface area contributed by atoms with E-state index >= 15 is 0 Å². The van der Waals surface area contributed by atoms with Gasteiger partial charge >= 0.3 is 0 Å². The third-order valence-corrected chi connectivity index (χ3v) is 6.99. The van der Waals surface area contributed by atoms with E-state index in [1.54, 1.807) is 31.0 Å². The minimum Gasteiger partial charge on any atom is -0.497 e. The zero-order valence-corrected chi connectivity index (χ0v) is 23.3. The topological polar surface area (TPSA) is 99.9 Å². The van der Waals surface area contributed by atoms with E-state index in [-0.39, 0.29) is 11.8 Å². The van der Waals surface area contributed by atoms with E-state index in [1.807, 2.05) is 48.7 Å². The average molecular weight is 536 g/mol. The van der Waals surface area contributed by atoms with Gasteiger partial charge in [-0.05, 0) is 61.1 Å². The molecule has 0 fully saturated rings. The van der Waals surface area contributed by atoms with Crippen LogP contribution in [0, 0.1) is 23.2 Å². The Balaban J connectivity index is 1.90. The summed E-state index contributed by atoms with van der Waals surface area (Å²) >= 11 is 3.22. The Hall–Kier alpha value is -3.22. The molecule has 7 nitrogen and oxygen atoms in total. The summed E-state index contributed by atoms with van der Waals surface area (Å²) in [5, 5.41) is 16.4. The molecule has 3 rings (SSSR count). The number of carbonyl (C=O) groups is 1. The Kier molecular flexibility index (Phi) is 11.1. The second kappa shape index (κ2) is 14.5. The van der Waals surface area contributed by atoms with Gasteiger partial charge in [0.1, 0.15) is 22.4 Å². The molecule has 3 aromatic rings. The minimum atomic E-state index is -0.224. The number of nitriles is 1. The highest BCUT2D eigenvalue weighted by molar-refractivity contribution is 7.99. The number of benzene rings is 2. The zero-order valence-electron chi connectivity index (χ0n) is 21.7. The van der Waals surface area contributed by atoms with Gasteiger partial charge < -0.3 is 15.4 Å². The van der Waals surface area contributed by atoms with Crippen LogP contribution in [0.5, 0.6) is 5.75 Å². The highest BCUT2D eigenvalue weighted by Gasteiger charge is 2.22. The predicted octanol–water partition coefficient (Wildman–Crippen LogP) is 5.94. The van der Waals surface area contributed by atoms with E-state index in [0.717, 1.165) is 33.5 Å². The van der Waals surface area contributed by atoms with Crippen LogP contribution in [0.2, 0.25) is 0 Å². The zero-order chi connectivity index (χ0) is 26.6. The summed E-state index contributed by atoms with van der Waals surface area (Å²) in [4.78, 5) is 23.6. The summed E-state index contributed by atoms with van der Waals surface area (Å²) in [5.74, 6) is 3.05. The average Bonchev–Trinajstić information content (AvgIpc) is 2.88. The molecular formula is C28H33N5O2S2. The molecular weight excluding hydrogens is 502 g/mol. The summed E-state index contributed by atoms with van der Waals surface area (Å²) in [6.45, 7) is 4.88. The van der Waals surface area contributed by atoms with Crippen molar-refractivity contribution in [1.82, 2.24) is 15.3 Å². The van der Waals surface area contributed by atoms with Gasteiger partial charge in [0.2, 0.25) is 5.91 Å². The normalized spacial score (nSPS) is 11.6. The van der Waals surface area contributed by atoms with E-state index in [9.17, 15) is 10.1 Å². The maximum Gasteiger partial charge on any atom is 0.223 e. The number of hydrogen-bond donors (Lipinski definition) is 2. The number of methoxy groups -OCH3 is 1. The summed E-state index contributed by atoms with van der Waals surface area (Å²) in [7, 11) is 1.64. The van der Waals surface area contributed by atoms with Crippen LogP contribution in [0.4, 0.5) is 11.5 Å². The first-order valence-corrected chi connectivity index (χ1v) is 14.3. The molecule has 1 atom stereocenters. The van der Waals surface area contributed by atoms with Crippen molar-refractivity contribution in [1.29, 1.82) is 5.26 Å². The second-order valence-corrected chi connectivity index (χ2v) is 11.0. The third-order valence-electron chi connectivity index (χ3n) is 5.46. The van der Waals surface area contributed by atoms with Gasteiger partial charge in [-0.1, -0.05) is 31.7 Å². The van der Waals surface area contributed by atoms with Crippen molar-refractivity contribution >= 4 is 40.9 Å². The Morgan fingerprint density at radius 2 is 1.92 bits per heavy atom. The van der Waals surface area contributed by atoms with Gasteiger partial charge in [-0.3, -0.25) is 4.79 Å². The summed E-state index contributed by atoms with van der Waals surface area (Å²) in [5.41, 5.74) is 1.32. The Bertz CT molecular complexity index is 1210. The lowest BCUT2D eigenvalue weighted by atomic mass is 9.93. The molecule has 1 amide bonds. The van der Waals surface area contributed by atoms with Gasteiger partial charge in [-0.2, -0.15) is 17.0 Å². The fourth-order valence-corrected chi connectivity index (χ4v) is 4.89. The maximum absolute atomic E-state index is 13.0. The fourth-order valence-electron chi connectivity index (χ4n) is 3.75. The first-order chi connectivity index (χ1) is 17.9. The largest absolute Gasteiger partial charge is 0.497 e. The van der Waals surface area contributed by atoms with E-state index in [1.165, 1.54) is 11.8 Å². The number of carbonyl (C=O) groups excluding carboxylic acids is 1. The lowest BCUT2D eigenvalue weighted by Gasteiger charge is -2.19. The van der Waals surface area contributed by atoms with Crippen LogP contribution in [0.3, 0.4) is 0 Å². The van der Waals surface area contributed by atoms with Gasteiger partial charge in [0.05, 0.1) is 18.7 Å². The van der Waals surface area contributed by atoms with Gasteiger partial charge in [-0.25, -0.2) is 9.97 Å². The number of nitrogens with one attached hydrogen (secondary N) is 2. The first-order valence-electron chi connectivity index (χ1n) is 12.1. The molecule has 0 saturated carbocycles. The SMILES string of the molecule is COc1ccc(Sc2cc(Nc3cccc(C#N)c3)nc(C[C@H](CC(C)C)C(=O)NCCSC)n2)cc1. The molecule has 0 saturated heterocycles. The third kappa shape index (κ3) is 9.30. The molecule has 0 bridgehead atoms. The monoisotopic (exact) mass is 535 g/mol. The lowest BCUT2D eigenvalue weighted by molar-refractivity contribution is -0.125. The van der Waals surface area contributed by atoms with Crippen molar-refractivity contribution < 1.29 is 9.53 Å². The van der Waals surface area contributed by atoms with Gasteiger partial charge in [0.15, 0.2) is 0 Å². The van der Waals surface area contributed by atoms with Crippen LogP contribution < -0.4 is 15.4 Å².